The highest BCUT2D eigenvalue weighted by Crippen LogP contribution is 2.48. The second-order valence-corrected chi connectivity index (χ2v) is 3.69. The number of nitroso groups, excluding NO2 is 1. The van der Waals surface area contributed by atoms with Gasteiger partial charge in [0.2, 0.25) is 0 Å². The summed E-state index contributed by atoms with van der Waals surface area (Å²) in [6.45, 7) is 0. The summed E-state index contributed by atoms with van der Waals surface area (Å²) in [5.74, 6) is 0. The standard InChI is InChI=1S/C6H2Cl4N2O2/c7-1-2(8)6(12-14)4(10)3(9)5(1)11-13/h11,13H. The van der Waals surface area contributed by atoms with Crippen LogP contribution in [0.4, 0.5) is 11.4 Å². The summed E-state index contributed by atoms with van der Waals surface area (Å²) in [6, 6.07) is 0. The van der Waals surface area contributed by atoms with Gasteiger partial charge < -0.3 is 0 Å². The highest BCUT2D eigenvalue weighted by atomic mass is 35.5. The first-order valence-electron chi connectivity index (χ1n) is 3.14. The van der Waals surface area contributed by atoms with E-state index in [1.807, 2.05) is 0 Å². The molecule has 0 saturated carbocycles. The van der Waals surface area contributed by atoms with Crippen molar-refractivity contribution in [2.24, 2.45) is 5.18 Å². The smallest absolute Gasteiger partial charge is 0.148 e. The molecule has 0 aliphatic heterocycles. The van der Waals surface area contributed by atoms with Gasteiger partial charge in [0.25, 0.3) is 0 Å². The summed E-state index contributed by atoms with van der Waals surface area (Å²) in [5.41, 5.74) is 1.38. The Morgan fingerprint density at radius 1 is 1.00 bits per heavy atom. The Labute approximate surface area is 98.6 Å². The predicted molar refractivity (Wildman–Crippen MR) is 57.3 cm³/mol. The summed E-state index contributed by atoms with van der Waals surface area (Å²) >= 11 is 22.6. The molecule has 0 bridgehead atoms. The van der Waals surface area contributed by atoms with Crippen LogP contribution in [0.1, 0.15) is 0 Å². The van der Waals surface area contributed by atoms with Gasteiger partial charge in [-0.1, -0.05) is 46.4 Å². The average Bonchev–Trinajstić information content (AvgIpc) is 2.17. The Bertz CT molecular complexity index is 367. The molecule has 76 valence electrons. The van der Waals surface area contributed by atoms with E-state index >= 15 is 0 Å². The molecule has 0 radical (unpaired) electrons. The Morgan fingerprint density at radius 3 is 1.71 bits per heavy atom. The normalized spacial score (nSPS) is 10.1. The lowest BCUT2D eigenvalue weighted by Crippen LogP contribution is -1.93. The summed E-state index contributed by atoms with van der Waals surface area (Å²) in [6.07, 6.45) is 0. The fraction of sp³-hybridized carbons (Fsp3) is 0. The molecule has 2 N–H and O–H groups in total. The van der Waals surface area contributed by atoms with Crippen LogP contribution in [0.15, 0.2) is 5.18 Å². The third kappa shape index (κ3) is 1.76. The van der Waals surface area contributed by atoms with E-state index in [1.165, 1.54) is 0 Å². The van der Waals surface area contributed by atoms with Gasteiger partial charge in [-0.3, -0.25) is 10.7 Å². The summed E-state index contributed by atoms with van der Waals surface area (Å²) in [5, 5.41) is 10.6. The number of nitrogens with zero attached hydrogens (tertiary/aromatic N) is 1. The van der Waals surface area contributed by atoms with Crippen LogP contribution in [0.2, 0.25) is 20.1 Å². The first kappa shape index (κ1) is 11.8. The minimum Gasteiger partial charge on any atom is -0.291 e. The van der Waals surface area contributed by atoms with Crippen LogP contribution in [0.5, 0.6) is 0 Å². The highest BCUT2D eigenvalue weighted by molar-refractivity contribution is 6.52. The lowest BCUT2D eigenvalue weighted by atomic mass is 10.3. The molecule has 0 fully saturated rings. The maximum atomic E-state index is 10.3. The van der Waals surface area contributed by atoms with Crippen molar-refractivity contribution in [2.75, 3.05) is 5.48 Å². The van der Waals surface area contributed by atoms with Crippen LogP contribution in [0, 0.1) is 4.91 Å². The summed E-state index contributed by atoms with van der Waals surface area (Å²) in [7, 11) is 0. The van der Waals surface area contributed by atoms with E-state index in [-0.39, 0.29) is 31.5 Å². The number of hydrogen-bond donors (Lipinski definition) is 2. The van der Waals surface area contributed by atoms with E-state index in [0.717, 1.165) is 0 Å². The van der Waals surface area contributed by atoms with E-state index in [0.29, 0.717) is 0 Å². The molecule has 4 nitrogen and oxygen atoms in total. The second-order valence-electron chi connectivity index (χ2n) is 2.18. The van der Waals surface area contributed by atoms with E-state index < -0.39 is 0 Å². The van der Waals surface area contributed by atoms with Crippen LogP contribution < -0.4 is 5.48 Å². The highest BCUT2D eigenvalue weighted by Gasteiger charge is 2.20. The number of halogens is 4. The lowest BCUT2D eigenvalue weighted by molar-refractivity contribution is 0.389. The van der Waals surface area contributed by atoms with Gasteiger partial charge in [-0.2, -0.15) is 0 Å². The van der Waals surface area contributed by atoms with Crippen molar-refractivity contribution in [3.05, 3.63) is 25.0 Å². The van der Waals surface area contributed by atoms with Gasteiger partial charge in [-0.05, 0) is 5.18 Å². The molecule has 0 amide bonds. The van der Waals surface area contributed by atoms with E-state index in [1.54, 1.807) is 5.48 Å². The van der Waals surface area contributed by atoms with Crippen LogP contribution >= 0.6 is 46.4 Å². The molecule has 1 aromatic carbocycles. The number of benzene rings is 1. The summed E-state index contributed by atoms with van der Waals surface area (Å²) in [4.78, 5) is 10.3. The maximum absolute atomic E-state index is 10.3. The molecule has 8 heteroatoms. The van der Waals surface area contributed by atoms with Crippen LogP contribution in [-0.2, 0) is 0 Å². The molecule has 0 aromatic heterocycles. The molecular formula is C6H2Cl4N2O2. The van der Waals surface area contributed by atoms with Crippen molar-refractivity contribution in [1.29, 1.82) is 0 Å². The summed E-state index contributed by atoms with van der Waals surface area (Å²) < 4.78 is 0. The number of nitrogens with one attached hydrogen (secondary N) is 1. The zero-order chi connectivity index (χ0) is 10.9. The van der Waals surface area contributed by atoms with Crippen molar-refractivity contribution >= 4 is 57.8 Å². The molecule has 0 atom stereocenters. The lowest BCUT2D eigenvalue weighted by Gasteiger charge is -2.09. The van der Waals surface area contributed by atoms with Gasteiger partial charge >= 0.3 is 0 Å². The molecule has 0 aliphatic rings. The molecule has 0 heterocycles. The zero-order valence-corrected chi connectivity index (χ0v) is 9.34. The monoisotopic (exact) mass is 274 g/mol. The van der Waals surface area contributed by atoms with Gasteiger partial charge in [-0.15, -0.1) is 4.91 Å². The fourth-order valence-corrected chi connectivity index (χ4v) is 1.79. The maximum Gasteiger partial charge on any atom is 0.148 e. The average molecular weight is 276 g/mol. The van der Waals surface area contributed by atoms with Gasteiger partial charge in [0, 0.05) is 0 Å². The first-order chi connectivity index (χ1) is 6.54. The van der Waals surface area contributed by atoms with Gasteiger partial charge in [-0.25, -0.2) is 0 Å². The van der Waals surface area contributed by atoms with E-state index in [4.69, 9.17) is 51.6 Å². The Morgan fingerprint density at radius 2 is 1.43 bits per heavy atom. The van der Waals surface area contributed by atoms with Crippen molar-refractivity contribution in [1.82, 2.24) is 0 Å². The molecular weight excluding hydrogens is 274 g/mol. The Kier molecular flexibility index (Phi) is 3.80. The Hall–Kier alpha value is -0.260. The minimum atomic E-state index is -0.262. The third-order valence-electron chi connectivity index (χ3n) is 1.44. The quantitative estimate of drug-likeness (QED) is 0.475. The van der Waals surface area contributed by atoms with E-state index in [9.17, 15) is 4.91 Å². The molecule has 0 spiro atoms. The zero-order valence-electron chi connectivity index (χ0n) is 6.31. The number of hydrogen-bond acceptors (Lipinski definition) is 4. The largest absolute Gasteiger partial charge is 0.291 e. The van der Waals surface area contributed by atoms with E-state index in [2.05, 4.69) is 5.18 Å². The topological polar surface area (TPSA) is 61.7 Å². The fourth-order valence-electron chi connectivity index (χ4n) is 0.798. The van der Waals surface area contributed by atoms with Crippen LogP contribution in [0.25, 0.3) is 0 Å². The molecule has 0 aliphatic carbocycles. The number of rotatable bonds is 2. The molecule has 0 unspecified atom stereocenters. The van der Waals surface area contributed by atoms with Gasteiger partial charge in [0.1, 0.15) is 11.4 Å². The molecule has 0 saturated heterocycles. The number of anilines is 1. The molecule has 1 aromatic rings. The third-order valence-corrected chi connectivity index (χ3v) is 3.13. The molecule has 14 heavy (non-hydrogen) atoms. The molecule has 1 rings (SSSR count). The van der Waals surface area contributed by atoms with Crippen LogP contribution in [-0.4, -0.2) is 5.21 Å². The second kappa shape index (κ2) is 4.51. The van der Waals surface area contributed by atoms with Crippen molar-refractivity contribution < 1.29 is 5.21 Å². The van der Waals surface area contributed by atoms with Crippen molar-refractivity contribution in [3.8, 4) is 0 Å². The van der Waals surface area contributed by atoms with Crippen molar-refractivity contribution in [3.63, 3.8) is 0 Å². The van der Waals surface area contributed by atoms with Gasteiger partial charge in [0.05, 0.1) is 20.1 Å². The van der Waals surface area contributed by atoms with Gasteiger partial charge in [0.15, 0.2) is 0 Å². The van der Waals surface area contributed by atoms with Crippen LogP contribution in [0.3, 0.4) is 0 Å². The Balaban J connectivity index is 3.63. The first-order valence-corrected chi connectivity index (χ1v) is 4.65. The predicted octanol–water partition coefficient (Wildman–Crippen LogP) is 4.50. The van der Waals surface area contributed by atoms with Crippen molar-refractivity contribution in [2.45, 2.75) is 0 Å². The SMILES string of the molecule is O=Nc1c(Cl)c(Cl)c(NO)c(Cl)c1Cl. The minimum absolute atomic E-state index is 0.0734.